The van der Waals surface area contributed by atoms with Crippen molar-refractivity contribution in [3.05, 3.63) is 100 Å². The Morgan fingerprint density at radius 3 is 2.79 bits per heavy atom. The van der Waals surface area contributed by atoms with Crippen molar-refractivity contribution in [3.8, 4) is 5.75 Å². The van der Waals surface area contributed by atoms with Gasteiger partial charge in [0.15, 0.2) is 0 Å². The first-order chi connectivity index (χ1) is 14.2. The average Bonchev–Trinajstić information content (AvgIpc) is 3.37. The van der Waals surface area contributed by atoms with Gasteiger partial charge in [-0.3, -0.25) is 9.48 Å². The van der Waals surface area contributed by atoms with E-state index in [2.05, 4.69) is 10.4 Å². The SMILES string of the molecule is Cc1cccc(OCc2csc(C(=O)Nc3cnn(Cc4ccccc4)c3)c2)c1. The van der Waals surface area contributed by atoms with E-state index in [1.54, 1.807) is 10.9 Å². The van der Waals surface area contributed by atoms with Crippen LogP contribution in [-0.2, 0) is 13.2 Å². The first-order valence-corrected chi connectivity index (χ1v) is 10.2. The Morgan fingerprint density at radius 1 is 1.10 bits per heavy atom. The van der Waals surface area contributed by atoms with Crippen LogP contribution < -0.4 is 10.1 Å². The Balaban J connectivity index is 1.33. The summed E-state index contributed by atoms with van der Waals surface area (Å²) in [6, 6.07) is 19.9. The fraction of sp³-hybridized carbons (Fsp3) is 0.130. The Labute approximate surface area is 173 Å². The molecule has 4 rings (SSSR count). The number of aromatic nitrogens is 2. The molecular weight excluding hydrogens is 382 g/mol. The van der Waals surface area contributed by atoms with Crippen LogP contribution in [-0.4, -0.2) is 15.7 Å². The quantitative estimate of drug-likeness (QED) is 0.465. The van der Waals surface area contributed by atoms with E-state index in [-0.39, 0.29) is 5.91 Å². The van der Waals surface area contributed by atoms with E-state index in [9.17, 15) is 4.79 Å². The maximum absolute atomic E-state index is 12.5. The van der Waals surface area contributed by atoms with Crippen LogP contribution in [0.15, 0.2) is 78.4 Å². The molecule has 0 fully saturated rings. The molecule has 0 aliphatic carbocycles. The van der Waals surface area contributed by atoms with Crippen LogP contribution in [0.2, 0.25) is 0 Å². The van der Waals surface area contributed by atoms with Gasteiger partial charge in [-0.1, -0.05) is 42.5 Å². The van der Waals surface area contributed by atoms with Gasteiger partial charge in [0.25, 0.3) is 5.91 Å². The number of anilines is 1. The molecule has 0 atom stereocenters. The topological polar surface area (TPSA) is 56.1 Å². The van der Waals surface area contributed by atoms with Crippen LogP contribution in [0.25, 0.3) is 0 Å². The monoisotopic (exact) mass is 403 g/mol. The van der Waals surface area contributed by atoms with E-state index in [4.69, 9.17) is 4.74 Å². The molecule has 6 heteroatoms. The fourth-order valence-corrected chi connectivity index (χ4v) is 3.71. The molecule has 0 aliphatic rings. The number of nitrogens with zero attached hydrogens (tertiary/aromatic N) is 2. The van der Waals surface area contributed by atoms with Crippen molar-refractivity contribution in [3.63, 3.8) is 0 Å². The van der Waals surface area contributed by atoms with Gasteiger partial charge in [-0.15, -0.1) is 11.3 Å². The molecule has 146 valence electrons. The van der Waals surface area contributed by atoms with E-state index in [1.807, 2.05) is 79.2 Å². The molecule has 2 aromatic carbocycles. The lowest BCUT2D eigenvalue weighted by Crippen LogP contribution is -2.09. The predicted molar refractivity (Wildman–Crippen MR) is 116 cm³/mol. The third-order valence-corrected chi connectivity index (χ3v) is 5.33. The molecular formula is C23H21N3O2S. The molecule has 0 bridgehead atoms. The van der Waals surface area contributed by atoms with E-state index < -0.39 is 0 Å². The minimum Gasteiger partial charge on any atom is -0.489 e. The summed E-state index contributed by atoms with van der Waals surface area (Å²) in [7, 11) is 0. The number of ether oxygens (including phenoxy) is 1. The highest BCUT2D eigenvalue weighted by molar-refractivity contribution is 7.12. The first kappa shape index (κ1) is 19.0. The van der Waals surface area contributed by atoms with E-state index in [0.717, 1.165) is 22.4 Å². The number of benzene rings is 2. The van der Waals surface area contributed by atoms with Crippen molar-refractivity contribution in [2.45, 2.75) is 20.1 Å². The van der Waals surface area contributed by atoms with Crippen LogP contribution in [0.5, 0.6) is 5.75 Å². The molecule has 0 saturated carbocycles. The third kappa shape index (κ3) is 5.12. The van der Waals surface area contributed by atoms with Gasteiger partial charge in [0, 0.05) is 11.8 Å². The molecule has 0 unspecified atom stereocenters. The molecule has 2 heterocycles. The molecule has 0 radical (unpaired) electrons. The van der Waals surface area contributed by atoms with Gasteiger partial charge in [-0.2, -0.15) is 5.10 Å². The third-order valence-electron chi connectivity index (χ3n) is 4.35. The standard InChI is InChI=1S/C23H21N3O2S/c1-17-6-5-9-21(10-17)28-15-19-11-22(29-16-19)23(27)25-20-12-24-26(14-20)13-18-7-3-2-4-8-18/h2-12,14,16H,13,15H2,1H3,(H,25,27). The number of hydrogen-bond acceptors (Lipinski definition) is 4. The summed E-state index contributed by atoms with van der Waals surface area (Å²) < 4.78 is 7.61. The van der Waals surface area contributed by atoms with Crippen molar-refractivity contribution in [2.24, 2.45) is 0 Å². The van der Waals surface area contributed by atoms with Gasteiger partial charge in [-0.25, -0.2) is 0 Å². The van der Waals surface area contributed by atoms with Gasteiger partial charge in [0.2, 0.25) is 0 Å². The number of rotatable bonds is 7. The number of amides is 1. The number of hydrogen-bond donors (Lipinski definition) is 1. The number of aryl methyl sites for hydroxylation is 1. The Hall–Kier alpha value is -3.38. The van der Waals surface area contributed by atoms with Gasteiger partial charge >= 0.3 is 0 Å². The van der Waals surface area contributed by atoms with Crippen molar-refractivity contribution in [1.82, 2.24) is 9.78 Å². The van der Waals surface area contributed by atoms with Gasteiger partial charge in [0.05, 0.1) is 23.3 Å². The molecule has 0 saturated heterocycles. The zero-order valence-corrected chi connectivity index (χ0v) is 16.9. The minimum atomic E-state index is -0.143. The second kappa shape index (κ2) is 8.75. The van der Waals surface area contributed by atoms with Crippen LogP contribution in [0, 0.1) is 6.92 Å². The second-order valence-electron chi connectivity index (χ2n) is 6.79. The van der Waals surface area contributed by atoms with Gasteiger partial charge < -0.3 is 10.1 Å². The molecule has 29 heavy (non-hydrogen) atoms. The normalized spacial score (nSPS) is 10.7. The van der Waals surface area contributed by atoms with Crippen molar-refractivity contribution in [2.75, 3.05) is 5.32 Å². The largest absolute Gasteiger partial charge is 0.489 e. The summed E-state index contributed by atoms with van der Waals surface area (Å²) in [6.07, 6.45) is 3.50. The zero-order chi connectivity index (χ0) is 20.1. The molecule has 1 N–H and O–H groups in total. The molecule has 0 spiro atoms. The fourth-order valence-electron chi connectivity index (χ4n) is 2.92. The van der Waals surface area contributed by atoms with Crippen molar-refractivity contribution in [1.29, 1.82) is 0 Å². The van der Waals surface area contributed by atoms with Crippen molar-refractivity contribution >= 4 is 22.9 Å². The molecule has 1 amide bonds. The maximum Gasteiger partial charge on any atom is 0.265 e. The maximum atomic E-state index is 12.5. The minimum absolute atomic E-state index is 0.143. The second-order valence-corrected chi connectivity index (χ2v) is 7.70. The summed E-state index contributed by atoms with van der Waals surface area (Å²) >= 11 is 1.41. The molecule has 0 aliphatic heterocycles. The average molecular weight is 404 g/mol. The summed E-state index contributed by atoms with van der Waals surface area (Å²) in [5.74, 6) is 0.684. The Bertz CT molecular complexity index is 1100. The number of nitrogens with one attached hydrogen (secondary N) is 1. The van der Waals surface area contributed by atoms with Crippen LogP contribution >= 0.6 is 11.3 Å². The summed E-state index contributed by atoms with van der Waals surface area (Å²) in [5, 5.41) is 9.17. The van der Waals surface area contributed by atoms with E-state index in [0.29, 0.717) is 23.7 Å². The molecule has 5 nitrogen and oxygen atoms in total. The summed E-state index contributed by atoms with van der Waals surface area (Å²) in [4.78, 5) is 13.2. The Morgan fingerprint density at radius 2 is 1.97 bits per heavy atom. The molecule has 2 aromatic heterocycles. The van der Waals surface area contributed by atoms with Crippen LogP contribution in [0.3, 0.4) is 0 Å². The smallest absolute Gasteiger partial charge is 0.265 e. The summed E-state index contributed by atoms with van der Waals surface area (Å²) in [5.41, 5.74) is 3.96. The van der Waals surface area contributed by atoms with Gasteiger partial charge in [0.1, 0.15) is 12.4 Å². The predicted octanol–water partition coefficient (Wildman–Crippen LogP) is 5.13. The van der Waals surface area contributed by atoms with Crippen LogP contribution in [0.1, 0.15) is 26.4 Å². The zero-order valence-electron chi connectivity index (χ0n) is 16.0. The first-order valence-electron chi connectivity index (χ1n) is 9.30. The highest BCUT2D eigenvalue weighted by Gasteiger charge is 2.11. The van der Waals surface area contributed by atoms with Crippen LogP contribution in [0.4, 0.5) is 5.69 Å². The lowest BCUT2D eigenvalue weighted by Gasteiger charge is -2.05. The number of carbonyl (C=O) groups excluding carboxylic acids is 1. The Kier molecular flexibility index (Phi) is 5.72. The van der Waals surface area contributed by atoms with Crippen molar-refractivity contribution < 1.29 is 9.53 Å². The van der Waals surface area contributed by atoms with E-state index >= 15 is 0 Å². The molecule has 4 aromatic rings. The van der Waals surface area contributed by atoms with E-state index in [1.165, 1.54) is 11.3 Å². The number of carbonyl (C=O) groups is 1. The van der Waals surface area contributed by atoms with Gasteiger partial charge in [-0.05, 0) is 41.6 Å². The summed E-state index contributed by atoms with van der Waals surface area (Å²) in [6.45, 7) is 3.13. The lowest BCUT2D eigenvalue weighted by atomic mass is 10.2. The highest BCUT2D eigenvalue weighted by atomic mass is 32.1. The lowest BCUT2D eigenvalue weighted by molar-refractivity contribution is 0.103. The highest BCUT2D eigenvalue weighted by Crippen LogP contribution is 2.20. The number of thiophene rings is 1.